The van der Waals surface area contributed by atoms with Crippen LogP contribution in [-0.2, 0) is 9.68 Å². The molecular formula is C4H13CaNO4. The van der Waals surface area contributed by atoms with Gasteiger partial charge in [0.1, 0.15) is 0 Å². The second-order valence-electron chi connectivity index (χ2n) is 1.23. The van der Waals surface area contributed by atoms with Crippen LogP contribution in [0.1, 0.15) is 2.85 Å². The maximum absolute atomic E-state index is 8.15. The van der Waals surface area contributed by atoms with Crippen LogP contribution >= 0.6 is 0 Å². The van der Waals surface area contributed by atoms with Crippen LogP contribution in [-0.4, -0.2) is 74.4 Å². The third-order valence-electron chi connectivity index (χ3n) is 0.505. The first-order valence-corrected chi connectivity index (χ1v) is 2.62. The third-order valence-corrected chi connectivity index (χ3v) is 0.505. The second-order valence-corrected chi connectivity index (χ2v) is 1.23. The van der Waals surface area contributed by atoms with E-state index >= 15 is 0 Å². The van der Waals surface area contributed by atoms with Gasteiger partial charge in [-0.25, -0.2) is 0 Å². The molecule has 0 saturated heterocycles. The normalized spacial score (nSPS) is 9.00. The molecule has 0 radical (unpaired) electrons. The van der Waals surface area contributed by atoms with E-state index in [2.05, 4.69) is 15.3 Å². The van der Waals surface area contributed by atoms with Gasteiger partial charge in [0.25, 0.3) is 0 Å². The molecule has 0 aromatic heterocycles. The Balaban J connectivity index is -0.000000107. The van der Waals surface area contributed by atoms with Gasteiger partial charge < -0.3 is 13.1 Å². The molecule has 0 atom stereocenters. The molecule has 60 valence electrons. The molecule has 0 unspecified atom stereocenters. The van der Waals surface area contributed by atoms with Crippen LogP contribution in [0.5, 0.6) is 0 Å². The zero-order valence-electron chi connectivity index (χ0n) is 7.75. The van der Waals surface area contributed by atoms with Crippen LogP contribution in [0, 0.1) is 0 Å². The summed E-state index contributed by atoms with van der Waals surface area (Å²) in [5.41, 5.74) is 2.07. The van der Waals surface area contributed by atoms with E-state index in [1.165, 1.54) is 0 Å². The molecule has 5 nitrogen and oxygen atoms in total. The Labute approximate surface area is 92.2 Å². The van der Waals surface area contributed by atoms with Crippen molar-refractivity contribution in [3.8, 4) is 0 Å². The Morgan fingerprint density at radius 1 is 1.10 bits per heavy atom. The minimum Gasteiger partial charge on any atom is -1.00 e. The molecule has 0 aliphatic carbocycles. The zero-order valence-corrected chi connectivity index (χ0v) is 7.95. The predicted molar refractivity (Wildman–Crippen MR) is 37.2 cm³/mol. The molecule has 6 heteroatoms. The zero-order chi connectivity index (χ0) is 6.95. The average molecular weight is 179 g/mol. The van der Waals surface area contributed by atoms with Crippen LogP contribution in [0.2, 0.25) is 0 Å². The minimum atomic E-state index is -0.0600. The van der Waals surface area contributed by atoms with Crippen molar-refractivity contribution in [1.29, 1.82) is 0 Å². The fourth-order valence-electron chi connectivity index (χ4n) is 0.216. The Hall–Kier alpha value is 1.06. The molecule has 0 aromatic carbocycles. The van der Waals surface area contributed by atoms with Gasteiger partial charge in [-0.15, -0.1) is 0 Å². The molecule has 0 aromatic rings. The smallest absolute Gasteiger partial charge is 1.00 e. The van der Waals surface area contributed by atoms with Crippen molar-refractivity contribution in [2.75, 3.05) is 26.4 Å². The minimum absolute atomic E-state index is 0. The molecule has 0 rings (SSSR count). The van der Waals surface area contributed by atoms with Gasteiger partial charge >= 0.3 is 37.7 Å². The molecule has 0 aliphatic heterocycles. The van der Waals surface area contributed by atoms with Crippen molar-refractivity contribution in [2.45, 2.75) is 0 Å². The summed E-state index contributed by atoms with van der Waals surface area (Å²) >= 11 is 0. The van der Waals surface area contributed by atoms with Crippen LogP contribution < -0.4 is 5.64 Å². The van der Waals surface area contributed by atoms with Crippen molar-refractivity contribution in [2.24, 2.45) is 0 Å². The monoisotopic (exact) mass is 179 g/mol. The largest absolute Gasteiger partial charge is 2.00 e. The van der Waals surface area contributed by atoms with E-state index in [1.54, 1.807) is 0 Å². The molecule has 0 aliphatic rings. The van der Waals surface area contributed by atoms with Gasteiger partial charge in [-0.1, -0.05) is 5.64 Å². The second kappa shape index (κ2) is 12.7. The molecule has 3 N–H and O–H groups in total. The Bertz CT molecular complexity index is 58.3. The van der Waals surface area contributed by atoms with Gasteiger partial charge in [-0.05, 0) is 0 Å². The van der Waals surface area contributed by atoms with E-state index in [0.717, 1.165) is 0 Å². The number of aliphatic hydroxyl groups excluding tert-OH is 2. The topological polar surface area (TPSA) is 71.0 Å². The number of hydrogen-bond donors (Lipinski definition) is 3. The van der Waals surface area contributed by atoms with Gasteiger partial charge in [0.15, 0.2) is 0 Å². The van der Waals surface area contributed by atoms with Crippen LogP contribution in [0.25, 0.3) is 0 Å². The summed E-state index contributed by atoms with van der Waals surface area (Å²) in [6.07, 6.45) is 0. The summed E-state index contributed by atoms with van der Waals surface area (Å²) in [6.45, 7) is 0.224. The molecule has 0 amide bonds. The number of aliphatic hydroxyl groups is 2. The summed E-state index contributed by atoms with van der Waals surface area (Å²) in [6, 6.07) is 0. The third kappa shape index (κ3) is 11.8. The predicted octanol–water partition coefficient (Wildman–Crippen LogP) is -1.73. The quantitative estimate of drug-likeness (QED) is 0.257. The first-order chi connectivity index (χ1) is 4.41. The van der Waals surface area contributed by atoms with Crippen LogP contribution in [0.3, 0.4) is 0 Å². The van der Waals surface area contributed by atoms with E-state index in [1.807, 2.05) is 0 Å². The number of nitrogens with one attached hydrogen (secondary N) is 1. The first-order valence-electron chi connectivity index (χ1n) is 2.62. The van der Waals surface area contributed by atoms with Crippen LogP contribution in [0.4, 0.5) is 0 Å². The molecule has 10 heavy (non-hydrogen) atoms. The Morgan fingerprint density at radius 2 is 1.50 bits per heavy atom. The van der Waals surface area contributed by atoms with Crippen LogP contribution in [0.15, 0.2) is 0 Å². The van der Waals surface area contributed by atoms with Gasteiger partial charge in [0, 0.05) is 0 Å². The summed E-state index contributed by atoms with van der Waals surface area (Å²) < 4.78 is 0. The average Bonchev–Trinajstić information content (AvgIpc) is 1.89. The Kier molecular flexibility index (Phi) is 17.3. The van der Waals surface area contributed by atoms with Gasteiger partial charge in [-0.2, -0.15) is 0 Å². The van der Waals surface area contributed by atoms with Crippen molar-refractivity contribution in [3.63, 3.8) is 0 Å². The summed E-state index contributed by atoms with van der Waals surface area (Å²) in [5.74, 6) is 0. The van der Waals surface area contributed by atoms with E-state index in [-0.39, 0.29) is 67.0 Å². The fourth-order valence-corrected chi connectivity index (χ4v) is 0.216. The molecule has 0 fully saturated rings. The fraction of sp³-hybridized carbons (Fsp3) is 1.00. The summed E-state index contributed by atoms with van der Waals surface area (Å²) in [4.78, 5) is 8.90. The van der Waals surface area contributed by atoms with Gasteiger partial charge in [-0.3, -0.25) is 9.68 Å². The van der Waals surface area contributed by atoms with E-state index in [0.29, 0.717) is 0 Å². The van der Waals surface area contributed by atoms with E-state index in [9.17, 15) is 0 Å². The standard InChI is InChI=1S/C4H11NO4.Ca.2H/c6-1-3-8-5-9-4-2-7;;;/h5-7H,1-4H2;;;/q;+2;2*-1. The van der Waals surface area contributed by atoms with Crippen molar-refractivity contribution >= 4 is 37.7 Å². The molecule has 0 heterocycles. The molecular weight excluding hydrogens is 166 g/mol. The number of rotatable bonds is 6. The van der Waals surface area contributed by atoms with E-state index in [4.69, 9.17) is 10.2 Å². The molecule has 0 spiro atoms. The summed E-state index contributed by atoms with van der Waals surface area (Å²) in [5, 5.41) is 16.3. The number of hydrogen-bond acceptors (Lipinski definition) is 5. The molecule has 0 saturated carbocycles. The van der Waals surface area contributed by atoms with E-state index < -0.39 is 0 Å². The Morgan fingerprint density at radius 3 is 1.80 bits per heavy atom. The van der Waals surface area contributed by atoms with Crippen molar-refractivity contribution < 1.29 is 22.7 Å². The van der Waals surface area contributed by atoms with Crippen molar-refractivity contribution in [1.82, 2.24) is 5.64 Å². The first kappa shape index (κ1) is 13.6. The maximum Gasteiger partial charge on any atom is 2.00 e. The maximum atomic E-state index is 8.15. The molecule has 0 bridgehead atoms. The summed E-state index contributed by atoms with van der Waals surface area (Å²) in [7, 11) is 0. The van der Waals surface area contributed by atoms with Crippen molar-refractivity contribution in [3.05, 3.63) is 0 Å². The SMILES string of the molecule is OCCONOCCO.[Ca+2].[H-].[H-]. The van der Waals surface area contributed by atoms with Gasteiger partial charge in [0.05, 0.1) is 26.4 Å². The van der Waals surface area contributed by atoms with Gasteiger partial charge in [0.2, 0.25) is 0 Å².